The molecule has 15 nitrogen and oxygen atoms in total. The molecule has 47 heavy (non-hydrogen) atoms. The first kappa shape index (κ1) is 35.2. The molecule has 0 radical (unpaired) electrons. The Morgan fingerprint density at radius 2 is 1.91 bits per heavy atom. The Morgan fingerprint density at radius 1 is 1.21 bits per heavy atom. The van der Waals surface area contributed by atoms with E-state index in [2.05, 4.69) is 20.0 Å². The van der Waals surface area contributed by atoms with Gasteiger partial charge >= 0.3 is 13.7 Å². The monoisotopic (exact) mass is 784 g/mol. The standard InChI is InChI=1S/C30H38IN6O9P/c1-16(25(39)43-15-29(2,3)4)36-47(41,46-19-13-9-11-17-10-7-8-12-18(17)19)44-14-20-22(38)30(5,40)26(45-20)37-23-21(33-27(37)31)24(42-6)35-28(32)34-23/h7-13,16,20,22,26,38,40H,14-15H2,1-6H3,(H,36,41)(H2,32,34,35)/t16?,20-,22-,26-,30-,47?/m1/s1. The van der Waals surface area contributed by atoms with E-state index >= 15 is 0 Å². The number of nitrogens with two attached hydrogens (primary N) is 1. The fourth-order valence-electron chi connectivity index (χ4n) is 5.01. The molecule has 0 amide bonds. The number of rotatable bonds is 11. The van der Waals surface area contributed by atoms with E-state index in [4.69, 9.17) is 29.0 Å². The number of ether oxygens (including phenoxy) is 3. The first-order valence-electron chi connectivity index (χ1n) is 14.7. The Labute approximate surface area is 284 Å². The minimum Gasteiger partial charge on any atom is -0.479 e. The Morgan fingerprint density at radius 3 is 2.62 bits per heavy atom. The number of esters is 1. The number of carbonyl (C=O) groups excluding carboxylic acids is 1. The van der Waals surface area contributed by atoms with E-state index < -0.39 is 50.4 Å². The van der Waals surface area contributed by atoms with Crippen LogP contribution >= 0.6 is 30.3 Å². The highest BCUT2D eigenvalue weighted by atomic mass is 127. The molecular formula is C30H38IN6O9P. The summed E-state index contributed by atoms with van der Waals surface area (Å²) in [7, 11) is -2.98. The predicted molar refractivity (Wildman–Crippen MR) is 181 cm³/mol. The summed E-state index contributed by atoms with van der Waals surface area (Å²) in [5, 5.41) is 26.9. The molecule has 5 N–H and O–H groups in total. The van der Waals surface area contributed by atoms with Crippen LogP contribution in [0.25, 0.3) is 21.9 Å². The molecule has 6 atom stereocenters. The lowest BCUT2D eigenvalue weighted by atomic mass is 9.96. The molecule has 3 heterocycles. The molecule has 1 aliphatic rings. The Bertz CT molecular complexity index is 1830. The van der Waals surface area contributed by atoms with E-state index in [9.17, 15) is 19.6 Å². The number of nitrogen functional groups attached to an aromatic ring is 1. The zero-order chi connectivity index (χ0) is 34.3. The fourth-order valence-corrected chi connectivity index (χ4v) is 7.25. The summed E-state index contributed by atoms with van der Waals surface area (Å²) in [5.74, 6) is -0.408. The average molecular weight is 785 g/mol. The summed E-state index contributed by atoms with van der Waals surface area (Å²) >= 11 is 1.93. The van der Waals surface area contributed by atoms with Crippen LogP contribution < -0.4 is 20.1 Å². The van der Waals surface area contributed by atoms with Gasteiger partial charge in [0.2, 0.25) is 11.8 Å². The van der Waals surface area contributed by atoms with Crippen molar-refractivity contribution in [2.75, 3.05) is 26.1 Å². The van der Waals surface area contributed by atoms with E-state index in [0.717, 1.165) is 5.39 Å². The molecule has 0 spiro atoms. The highest BCUT2D eigenvalue weighted by Crippen LogP contribution is 2.49. The molecule has 2 unspecified atom stereocenters. The maximum Gasteiger partial charge on any atom is 0.459 e. The van der Waals surface area contributed by atoms with Crippen LogP contribution in [-0.4, -0.2) is 79.9 Å². The molecule has 1 saturated heterocycles. The second-order valence-corrected chi connectivity index (χ2v) is 15.3. The van der Waals surface area contributed by atoms with Crippen LogP contribution in [0.3, 0.4) is 0 Å². The largest absolute Gasteiger partial charge is 0.479 e. The number of anilines is 1. The van der Waals surface area contributed by atoms with Gasteiger partial charge in [-0.25, -0.2) is 9.55 Å². The Hall–Kier alpha value is -3.12. The van der Waals surface area contributed by atoms with E-state index in [1.807, 2.05) is 61.6 Å². The van der Waals surface area contributed by atoms with Gasteiger partial charge < -0.3 is 34.7 Å². The Kier molecular flexibility index (Phi) is 10.0. The number of aliphatic hydroxyl groups is 2. The first-order valence-corrected chi connectivity index (χ1v) is 17.3. The van der Waals surface area contributed by atoms with E-state index in [1.54, 1.807) is 24.3 Å². The van der Waals surface area contributed by atoms with Crippen LogP contribution in [0.4, 0.5) is 5.95 Å². The molecule has 254 valence electrons. The molecule has 1 aliphatic heterocycles. The summed E-state index contributed by atoms with van der Waals surface area (Å²) in [5.41, 5.74) is 4.16. The van der Waals surface area contributed by atoms with Gasteiger partial charge in [0.1, 0.15) is 29.6 Å². The summed E-state index contributed by atoms with van der Waals surface area (Å²) in [6.07, 6.45) is -4.00. The molecule has 2 aromatic heterocycles. The molecule has 0 saturated carbocycles. The summed E-state index contributed by atoms with van der Waals surface area (Å²) in [4.78, 5) is 25.6. The smallest absolute Gasteiger partial charge is 0.459 e. The lowest BCUT2D eigenvalue weighted by Crippen LogP contribution is -2.45. The van der Waals surface area contributed by atoms with Crippen molar-refractivity contribution in [3.63, 3.8) is 0 Å². The molecule has 0 bridgehead atoms. The molecule has 4 aromatic rings. The van der Waals surface area contributed by atoms with Crippen molar-refractivity contribution in [1.29, 1.82) is 0 Å². The van der Waals surface area contributed by atoms with Crippen molar-refractivity contribution in [2.24, 2.45) is 5.41 Å². The number of fused-ring (bicyclic) bond motifs is 2. The maximum atomic E-state index is 14.4. The van der Waals surface area contributed by atoms with Crippen molar-refractivity contribution < 1.29 is 42.8 Å². The van der Waals surface area contributed by atoms with Gasteiger partial charge in [0.25, 0.3) is 0 Å². The molecule has 2 aromatic carbocycles. The van der Waals surface area contributed by atoms with Gasteiger partial charge in [0.15, 0.2) is 21.2 Å². The summed E-state index contributed by atoms with van der Waals surface area (Å²) in [6, 6.07) is 11.4. The lowest BCUT2D eigenvalue weighted by Gasteiger charge is -2.28. The number of nitrogens with one attached hydrogen (secondary N) is 1. The molecular weight excluding hydrogens is 746 g/mol. The van der Waals surface area contributed by atoms with Gasteiger partial charge in [-0.05, 0) is 30.7 Å². The molecule has 0 aliphatic carbocycles. The normalized spacial score (nSPS) is 23.5. The molecule has 5 rings (SSSR count). The minimum absolute atomic E-state index is 0.0993. The third kappa shape index (κ3) is 7.48. The first-order chi connectivity index (χ1) is 22.0. The van der Waals surface area contributed by atoms with Crippen molar-refractivity contribution >= 4 is 64.2 Å². The Balaban J connectivity index is 1.42. The fraction of sp³-hybridized carbons (Fsp3) is 0.467. The maximum absolute atomic E-state index is 14.4. The van der Waals surface area contributed by atoms with Crippen LogP contribution in [0, 0.1) is 9.25 Å². The molecule has 17 heteroatoms. The number of halogens is 1. The number of carbonyl (C=O) groups is 1. The van der Waals surface area contributed by atoms with Gasteiger partial charge in [-0.1, -0.05) is 57.2 Å². The topological polar surface area (TPSA) is 202 Å². The highest BCUT2D eigenvalue weighted by molar-refractivity contribution is 14.1. The number of methoxy groups -OCH3 is 1. The number of hydrogen-bond donors (Lipinski definition) is 4. The number of imidazole rings is 1. The van der Waals surface area contributed by atoms with Gasteiger partial charge in [-0.15, -0.1) is 0 Å². The third-order valence-electron chi connectivity index (χ3n) is 7.39. The number of nitrogens with zero attached hydrogens (tertiary/aromatic N) is 4. The van der Waals surface area contributed by atoms with Gasteiger partial charge in [0, 0.05) is 28.0 Å². The molecule has 1 fully saturated rings. The quantitative estimate of drug-likeness (QED) is 0.0737. The second-order valence-electron chi connectivity index (χ2n) is 12.6. The van der Waals surface area contributed by atoms with Crippen LogP contribution in [0.2, 0.25) is 0 Å². The van der Waals surface area contributed by atoms with Gasteiger partial charge in [-0.2, -0.15) is 15.1 Å². The minimum atomic E-state index is -4.38. The van der Waals surface area contributed by atoms with Gasteiger partial charge in [0.05, 0.1) is 20.3 Å². The predicted octanol–water partition coefficient (Wildman–Crippen LogP) is 3.96. The van der Waals surface area contributed by atoms with Gasteiger partial charge in [-0.3, -0.25) is 13.9 Å². The van der Waals surface area contributed by atoms with Crippen LogP contribution in [-0.2, 0) is 23.4 Å². The van der Waals surface area contributed by atoms with Crippen molar-refractivity contribution in [1.82, 2.24) is 24.6 Å². The van der Waals surface area contributed by atoms with Crippen molar-refractivity contribution in [3.05, 3.63) is 46.3 Å². The zero-order valence-corrected chi connectivity index (χ0v) is 29.8. The number of benzene rings is 2. The SMILES string of the molecule is COc1nc(N)nc2c1nc(I)n2[C@@H]1O[C@H](COP(=O)(NC(C)C(=O)OCC(C)(C)C)Oc2cccc3ccccc23)[C@@H](O)[C@@]1(C)O. The van der Waals surface area contributed by atoms with E-state index in [1.165, 1.54) is 25.5 Å². The second kappa shape index (κ2) is 13.4. The van der Waals surface area contributed by atoms with Crippen molar-refractivity contribution in [3.8, 4) is 11.6 Å². The van der Waals surface area contributed by atoms with Crippen LogP contribution in [0.5, 0.6) is 11.6 Å². The average Bonchev–Trinajstić information content (AvgIpc) is 3.44. The van der Waals surface area contributed by atoms with Crippen LogP contribution in [0.1, 0.15) is 40.8 Å². The number of hydrogen-bond acceptors (Lipinski definition) is 13. The third-order valence-corrected chi connectivity index (χ3v) is 9.78. The summed E-state index contributed by atoms with van der Waals surface area (Å²) < 4.78 is 44.9. The highest BCUT2D eigenvalue weighted by Gasteiger charge is 2.55. The van der Waals surface area contributed by atoms with Crippen LogP contribution in [0.15, 0.2) is 42.5 Å². The number of aliphatic hydroxyl groups excluding tert-OH is 1. The van der Waals surface area contributed by atoms with E-state index in [-0.39, 0.29) is 40.8 Å². The lowest BCUT2D eigenvalue weighted by molar-refractivity contribution is -0.148. The van der Waals surface area contributed by atoms with Crippen molar-refractivity contribution in [2.45, 2.75) is 64.7 Å². The zero-order valence-electron chi connectivity index (χ0n) is 26.7. The van der Waals surface area contributed by atoms with E-state index in [0.29, 0.717) is 9.22 Å². The summed E-state index contributed by atoms with van der Waals surface area (Å²) in [6.45, 7) is 8.21. The number of aromatic nitrogens is 4.